The van der Waals surface area contributed by atoms with Crippen LogP contribution in [0.15, 0.2) is 0 Å². The van der Waals surface area contributed by atoms with Crippen LogP contribution in [-0.2, 0) is 4.79 Å². The first kappa shape index (κ1) is 14.4. The molecule has 0 aromatic rings. The second kappa shape index (κ2) is 5.50. The van der Waals surface area contributed by atoms with Crippen LogP contribution in [0.2, 0.25) is 0 Å². The van der Waals surface area contributed by atoms with Gasteiger partial charge in [0.2, 0.25) is 5.91 Å². The fourth-order valence-corrected chi connectivity index (χ4v) is 1.25. The predicted octanol–water partition coefficient (Wildman–Crippen LogP) is 2.06. The quantitative estimate of drug-likeness (QED) is 0.711. The van der Waals surface area contributed by atoms with E-state index in [4.69, 9.17) is 5.73 Å². The molecular weight excluding hydrogens is 188 g/mol. The second-order valence-electron chi connectivity index (χ2n) is 4.84. The zero-order valence-electron chi connectivity index (χ0n) is 10.8. The third-order valence-electron chi connectivity index (χ3n) is 3.75. The minimum absolute atomic E-state index is 0.0821. The molecule has 1 atom stereocenters. The van der Waals surface area contributed by atoms with Gasteiger partial charge in [-0.25, -0.2) is 0 Å². The predicted molar refractivity (Wildman–Crippen MR) is 64.6 cm³/mol. The van der Waals surface area contributed by atoms with Crippen molar-refractivity contribution in [2.45, 2.75) is 59.4 Å². The Morgan fingerprint density at radius 3 is 1.87 bits per heavy atom. The molecule has 0 aromatic heterocycles. The van der Waals surface area contributed by atoms with Crippen molar-refractivity contribution >= 4 is 5.91 Å². The van der Waals surface area contributed by atoms with Gasteiger partial charge in [0.25, 0.3) is 0 Å². The third kappa shape index (κ3) is 3.49. The van der Waals surface area contributed by atoms with Crippen LogP contribution in [0, 0.1) is 5.41 Å². The minimum Gasteiger partial charge on any atom is -0.350 e. The van der Waals surface area contributed by atoms with E-state index in [2.05, 4.69) is 26.1 Å². The van der Waals surface area contributed by atoms with Gasteiger partial charge in [0.1, 0.15) is 0 Å². The van der Waals surface area contributed by atoms with Crippen LogP contribution in [0.4, 0.5) is 0 Å². The number of hydrogen-bond donors (Lipinski definition) is 2. The van der Waals surface area contributed by atoms with Crippen molar-refractivity contribution in [1.29, 1.82) is 0 Å². The zero-order chi connectivity index (χ0) is 12.1. The summed E-state index contributed by atoms with van der Waals surface area (Å²) >= 11 is 0. The van der Waals surface area contributed by atoms with Gasteiger partial charge in [0, 0.05) is 12.1 Å². The van der Waals surface area contributed by atoms with E-state index in [1.807, 2.05) is 13.8 Å². The van der Waals surface area contributed by atoms with Gasteiger partial charge < -0.3 is 11.1 Å². The molecule has 3 N–H and O–H groups in total. The van der Waals surface area contributed by atoms with Crippen LogP contribution >= 0.6 is 0 Å². The van der Waals surface area contributed by atoms with Gasteiger partial charge in [-0.2, -0.15) is 0 Å². The molecule has 3 heteroatoms. The molecule has 90 valence electrons. The molecule has 0 saturated carbocycles. The molecule has 0 aliphatic rings. The number of carbonyl (C=O) groups excluding carboxylic acids is 1. The molecule has 0 fully saturated rings. The number of amides is 1. The van der Waals surface area contributed by atoms with Gasteiger partial charge in [-0.1, -0.05) is 20.8 Å². The van der Waals surface area contributed by atoms with Crippen LogP contribution < -0.4 is 11.1 Å². The van der Waals surface area contributed by atoms with E-state index in [-0.39, 0.29) is 11.4 Å². The van der Waals surface area contributed by atoms with Gasteiger partial charge in [0.05, 0.1) is 5.41 Å². The molecule has 0 spiro atoms. The van der Waals surface area contributed by atoms with Crippen molar-refractivity contribution in [2.24, 2.45) is 11.1 Å². The Labute approximate surface area is 93.8 Å². The summed E-state index contributed by atoms with van der Waals surface area (Å²) in [6.45, 7) is 10.6. The van der Waals surface area contributed by atoms with E-state index in [0.29, 0.717) is 6.54 Å². The summed E-state index contributed by atoms with van der Waals surface area (Å²) in [6, 6.07) is 0. The largest absolute Gasteiger partial charge is 0.350 e. The summed E-state index contributed by atoms with van der Waals surface area (Å²) in [5.74, 6) is 0.0821. The highest BCUT2D eigenvalue weighted by molar-refractivity contribution is 5.83. The summed E-state index contributed by atoms with van der Waals surface area (Å²) in [5.41, 5.74) is 5.14. The van der Waals surface area contributed by atoms with Gasteiger partial charge in [0.15, 0.2) is 0 Å². The average molecular weight is 214 g/mol. The molecule has 0 aliphatic carbocycles. The first-order valence-electron chi connectivity index (χ1n) is 5.90. The van der Waals surface area contributed by atoms with E-state index in [9.17, 15) is 4.79 Å². The fourth-order valence-electron chi connectivity index (χ4n) is 1.25. The smallest absolute Gasteiger partial charge is 0.227 e. The highest BCUT2D eigenvalue weighted by Gasteiger charge is 2.33. The fraction of sp³-hybridized carbons (Fsp3) is 0.917. The monoisotopic (exact) mass is 214 g/mol. The van der Waals surface area contributed by atoms with E-state index in [1.165, 1.54) is 0 Å². The van der Waals surface area contributed by atoms with Crippen molar-refractivity contribution in [3.63, 3.8) is 0 Å². The van der Waals surface area contributed by atoms with Crippen LogP contribution in [0.1, 0.15) is 53.9 Å². The van der Waals surface area contributed by atoms with E-state index in [1.54, 1.807) is 0 Å². The number of nitrogens with one attached hydrogen (secondary N) is 1. The van der Waals surface area contributed by atoms with Crippen LogP contribution in [-0.4, -0.2) is 18.0 Å². The van der Waals surface area contributed by atoms with E-state index < -0.39 is 5.41 Å². The second-order valence-corrected chi connectivity index (χ2v) is 4.84. The van der Waals surface area contributed by atoms with Gasteiger partial charge in [-0.05, 0) is 33.1 Å². The maximum absolute atomic E-state index is 12.1. The van der Waals surface area contributed by atoms with E-state index in [0.717, 1.165) is 19.3 Å². The maximum atomic E-state index is 12.1. The Morgan fingerprint density at radius 1 is 1.13 bits per heavy atom. The van der Waals surface area contributed by atoms with Crippen LogP contribution in [0.5, 0.6) is 0 Å². The molecule has 0 rings (SSSR count). The lowest BCUT2D eigenvalue weighted by Crippen LogP contribution is -2.52. The van der Waals surface area contributed by atoms with Crippen molar-refractivity contribution in [3.05, 3.63) is 0 Å². The SMILES string of the molecule is CCC(C)(CC)NC(=O)C(C)(CC)CN. The third-order valence-corrected chi connectivity index (χ3v) is 3.75. The molecular formula is C12H26N2O. The van der Waals surface area contributed by atoms with Crippen molar-refractivity contribution in [1.82, 2.24) is 5.32 Å². The molecule has 0 saturated heterocycles. The Balaban J connectivity index is 4.60. The molecule has 3 nitrogen and oxygen atoms in total. The highest BCUT2D eigenvalue weighted by atomic mass is 16.2. The Morgan fingerprint density at radius 2 is 1.60 bits per heavy atom. The van der Waals surface area contributed by atoms with Gasteiger partial charge in [-0.15, -0.1) is 0 Å². The van der Waals surface area contributed by atoms with E-state index >= 15 is 0 Å². The number of nitrogens with two attached hydrogens (primary N) is 1. The Kier molecular flexibility index (Phi) is 5.29. The number of carbonyl (C=O) groups is 1. The lowest BCUT2D eigenvalue weighted by Gasteiger charge is -2.34. The average Bonchev–Trinajstić information content (AvgIpc) is 2.27. The molecule has 0 aliphatic heterocycles. The molecule has 0 aromatic carbocycles. The first-order chi connectivity index (χ1) is 6.87. The van der Waals surface area contributed by atoms with Crippen LogP contribution in [0.25, 0.3) is 0 Å². The molecule has 1 unspecified atom stereocenters. The first-order valence-corrected chi connectivity index (χ1v) is 5.90. The maximum Gasteiger partial charge on any atom is 0.227 e. The standard InChI is InChI=1S/C12H26N2O/c1-6-11(4,9-13)10(15)14-12(5,7-2)8-3/h6-9,13H2,1-5H3,(H,14,15). The summed E-state index contributed by atoms with van der Waals surface area (Å²) in [6.07, 6.45) is 2.66. The number of rotatable bonds is 6. The molecule has 0 bridgehead atoms. The highest BCUT2D eigenvalue weighted by Crippen LogP contribution is 2.22. The molecule has 15 heavy (non-hydrogen) atoms. The molecule has 1 amide bonds. The zero-order valence-corrected chi connectivity index (χ0v) is 10.8. The minimum atomic E-state index is -0.425. The summed E-state index contributed by atoms with van der Waals surface area (Å²) in [5, 5.41) is 3.12. The normalized spacial score (nSPS) is 15.9. The molecule has 0 radical (unpaired) electrons. The lowest BCUT2D eigenvalue weighted by molar-refractivity contribution is -0.131. The van der Waals surface area contributed by atoms with Crippen molar-refractivity contribution in [3.8, 4) is 0 Å². The summed E-state index contributed by atoms with van der Waals surface area (Å²) in [7, 11) is 0. The molecule has 0 heterocycles. The van der Waals surface area contributed by atoms with Crippen molar-refractivity contribution in [2.75, 3.05) is 6.54 Å². The Bertz CT molecular complexity index is 206. The van der Waals surface area contributed by atoms with Crippen molar-refractivity contribution < 1.29 is 4.79 Å². The number of hydrogen-bond acceptors (Lipinski definition) is 2. The summed E-state index contributed by atoms with van der Waals surface area (Å²) in [4.78, 5) is 12.1. The van der Waals surface area contributed by atoms with Crippen LogP contribution in [0.3, 0.4) is 0 Å². The Hall–Kier alpha value is -0.570. The van der Waals surface area contributed by atoms with Gasteiger partial charge in [-0.3, -0.25) is 4.79 Å². The van der Waals surface area contributed by atoms with Gasteiger partial charge >= 0.3 is 0 Å². The summed E-state index contributed by atoms with van der Waals surface area (Å²) < 4.78 is 0. The lowest BCUT2D eigenvalue weighted by atomic mass is 9.84. The topological polar surface area (TPSA) is 55.1 Å².